The molecule has 0 aliphatic carbocycles. The number of methoxy groups -OCH3 is 2. The second-order valence-electron chi connectivity index (χ2n) is 12.6. The van der Waals surface area contributed by atoms with E-state index in [0.29, 0.717) is 50.8 Å². The molecule has 4 aromatic carbocycles. The molecule has 6 rings (SSSR count). The highest BCUT2D eigenvalue weighted by Crippen LogP contribution is 2.23. The maximum absolute atomic E-state index is 12.8. The maximum atomic E-state index is 12.8. The first-order valence-electron chi connectivity index (χ1n) is 18.0. The minimum Gasteiger partial charge on any atom is -0.478 e. The molecule has 62 heavy (non-hydrogen) atoms. The van der Waals surface area contributed by atoms with Gasteiger partial charge in [0, 0.05) is 37.4 Å². The summed E-state index contributed by atoms with van der Waals surface area (Å²) in [7, 11) is -4.94. The van der Waals surface area contributed by atoms with Gasteiger partial charge in [-0.25, -0.2) is 31.2 Å². The second kappa shape index (κ2) is 22.8. The first kappa shape index (κ1) is 49.6. The third-order valence-corrected chi connectivity index (χ3v) is 12.6. The first-order chi connectivity index (χ1) is 29.1. The molecule has 0 spiro atoms. The van der Waals surface area contributed by atoms with E-state index in [9.17, 15) is 36.0 Å². The topological polar surface area (TPSA) is 286 Å². The van der Waals surface area contributed by atoms with Gasteiger partial charge in [0.1, 0.15) is 0 Å². The van der Waals surface area contributed by atoms with E-state index in [1.165, 1.54) is 102 Å². The number of aromatic carboxylic acids is 1. The Morgan fingerprint density at radius 1 is 0.677 bits per heavy atom. The van der Waals surface area contributed by atoms with Crippen molar-refractivity contribution in [3.05, 3.63) is 118 Å². The fourth-order valence-electron chi connectivity index (χ4n) is 5.57. The predicted octanol–water partition coefficient (Wildman–Crippen LogP) is 3.59. The van der Waals surface area contributed by atoms with Crippen LogP contribution >= 0.6 is 0 Å². The predicted molar refractivity (Wildman–Crippen MR) is 223 cm³/mol. The van der Waals surface area contributed by atoms with Crippen LogP contribution in [0.2, 0.25) is 0 Å². The number of morpholine rings is 2. The van der Waals surface area contributed by atoms with Gasteiger partial charge in [-0.2, -0.15) is 19.1 Å². The molecule has 19 nitrogen and oxygen atoms in total. The van der Waals surface area contributed by atoms with Crippen LogP contribution in [0.4, 0.5) is 11.4 Å². The number of esters is 2. The lowest BCUT2D eigenvalue weighted by Crippen LogP contribution is -2.40. The highest BCUT2D eigenvalue weighted by molar-refractivity contribution is 7.89. The summed E-state index contributed by atoms with van der Waals surface area (Å²) in [6.07, 6.45) is 0. The number of nitriles is 2. The summed E-state index contributed by atoms with van der Waals surface area (Å²) in [6.45, 7) is 2.41. The summed E-state index contributed by atoms with van der Waals surface area (Å²) in [5.41, 5.74) is 6.88. The van der Waals surface area contributed by atoms with Crippen molar-refractivity contribution >= 4 is 55.2 Å². The van der Waals surface area contributed by atoms with Crippen molar-refractivity contribution in [1.82, 2.24) is 8.61 Å². The average molecular weight is 893 g/mol. The molecule has 0 atom stereocenters. The van der Waals surface area contributed by atoms with E-state index in [-0.39, 0.29) is 63.8 Å². The van der Waals surface area contributed by atoms with Crippen LogP contribution in [0.25, 0.3) is 0 Å². The number of carbonyl (C=O) groups is 4. The van der Waals surface area contributed by atoms with Gasteiger partial charge in [-0.15, -0.1) is 0 Å². The number of anilines is 2. The Hall–Kier alpha value is -6.72. The molecule has 2 heterocycles. The Labute approximate surface area is 358 Å². The molecule has 0 radical (unpaired) electrons. The number of rotatable bonds is 9. The molecular formula is C41H44N6O13S2. The van der Waals surface area contributed by atoms with Crippen LogP contribution in [0.15, 0.2) is 94.7 Å². The first-order valence-corrected chi connectivity index (χ1v) is 20.9. The third-order valence-electron chi connectivity index (χ3n) is 8.78. The van der Waals surface area contributed by atoms with E-state index in [0.717, 1.165) is 0 Å². The third kappa shape index (κ3) is 12.7. The standard InChI is InChI=1S/C20H19N3O6S.C11H13NO5S.C9H8N2O2.CH4/c1-28-20(25)17-11-14(13-21)5-6-18(17)22-19(24)15-3-2-4-16(12-15)30(26,27)23-7-9-29-10-8-23;13-11(14)9-2-1-3-10(8-9)18(15,16)12-4-6-17-7-5-12;1-13-9(12)7-4-6(5-10)2-3-8(7)11;/h2-6,11-12H,7-10H2,1H3,(H,22,24);1-3,8H,4-7H2,(H,13,14);2-4H,11H2,1H3;1H4. The number of carbonyl (C=O) groups excluding carboxylic acids is 3. The summed E-state index contributed by atoms with van der Waals surface area (Å²) >= 11 is 0. The molecule has 0 saturated carbocycles. The molecule has 2 saturated heterocycles. The number of benzene rings is 4. The Morgan fingerprint density at radius 2 is 1.11 bits per heavy atom. The largest absolute Gasteiger partial charge is 0.478 e. The van der Waals surface area contributed by atoms with E-state index < -0.39 is 43.9 Å². The van der Waals surface area contributed by atoms with E-state index in [1.807, 2.05) is 12.1 Å². The lowest BCUT2D eigenvalue weighted by atomic mass is 10.1. The van der Waals surface area contributed by atoms with Gasteiger partial charge in [-0.05, 0) is 72.8 Å². The number of amides is 1. The van der Waals surface area contributed by atoms with Crippen molar-refractivity contribution in [2.45, 2.75) is 17.2 Å². The minimum atomic E-state index is -3.76. The van der Waals surface area contributed by atoms with Crippen LogP contribution < -0.4 is 11.1 Å². The van der Waals surface area contributed by atoms with Crippen molar-refractivity contribution < 1.29 is 60.1 Å². The summed E-state index contributed by atoms with van der Waals surface area (Å²) in [4.78, 5) is 46.6. The van der Waals surface area contributed by atoms with Crippen LogP contribution in [-0.4, -0.2) is 121 Å². The molecule has 2 aliphatic rings. The number of sulfonamides is 2. The van der Waals surface area contributed by atoms with Gasteiger partial charge in [-0.1, -0.05) is 19.6 Å². The molecule has 4 N–H and O–H groups in total. The molecule has 0 aromatic heterocycles. The van der Waals surface area contributed by atoms with Crippen molar-refractivity contribution in [2.75, 3.05) is 77.9 Å². The van der Waals surface area contributed by atoms with E-state index >= 15 is 0 Å². The molecule has 21 heteroatoms. The highest BCUT2D eigenvalue weighted by Gasteiger charge is 2.28. The molecule has 2 aliphatic heterocycles. The summed E-state index contributed by atoms with van der Waals surface area (Å²) in [5, 5.41) is 29.0. The fraction of sp³-hybridized carbons (Fsp3) is 0.268. The number of carboxylic acids is 1. The number of ether oxygens (including phenoxy) is 4. The zero-order chi connectivity index (χ0) is 44.7. The van der Waals surface area contributed by atoms with E-state index in [1.54, 1.807) is 6.07 Å². The van der Waals surface area contributed by atoms with Gasteiger partial charge in [0.2, 0.25) is 20.0 Å². The molecule has 0 unspecified atom stereocenters. The molecule has 1 amide bonds. The molecular weight excluding hydrogens is 849 g/mol. The maximum Gasteiger partial charge on any atom is 0.340 e. The van der Waals surface area contributed by atoms with Gasteiger partial charge in [0.25, 0.3) is 5.91 Å². The van der Waals surface area contributed by atoms with Crippen LogP contribution in [0, 0.1) is 22.7 Å². The highest BCUT2D eigenvalue weighted by atomic mass is 32.2. The Kier molecular flexibility index (Phi) is 18.2. The second-order valence-corrected chi connectivity index (χ2v) is 16.5. The van der Waals surface area contributed by atoms with Crippen molar-refractivity contribution in [1.29, 1.82) is 10.5 Å². The molecule has 4 aromatic rings. The van der Waals surface area contributed by atoms with Crippen molar-refractivity contribution in [2.24, 2.45) is 0 Å². The lowest BCUT2D eigenvalue weighted by Gasteiger charge is -2.26. The SMILES string of the molecule is C.COC(=O)c1cc(C#N)ccc1N.COC(=O)c1cc(C#N)ccc1NC(=O)c1cccc(S(=O)(=O)N2CCOCC2)c1.O=C(O)c1cccc(S(=O)(=O)N2CCOCC2)c1. The number of carboxylic acid groups (broad SMARTS) is 1. The minimum absolute atomic E-state index is 0. The van der Waals surface area contributed by atoms with Gasteiger partial charge in [0.05, 0.1) is 96.1 Å². The average Bonchev–Trinajstić information content (AvgIpc) is 3.29. The smallest absolute Gasteiger partial charge is 0.340 e. The Morgan fingerprint density at radius 3 is 1.58 bits per heavy atom. The van der Waals surface area contributed by atoms with E-state index in [4.69, 9.17) is 35.6 Å². The van der Waals surface area contributed by atoms with Gasteiger partial charge in [-0.3, -0.25) is 4.79 Å². The van der Waals surface area contributed by atoms with Crippen molar-refractivity contribution in [3.8, 4) is 12.1 Å². The summed E-state index contributed by atoms with van der Waals surface area (Å²) in [5.74, 6) is -3.00. The summed E-state index contributed by atoms with van der Waals surface area (Å²) < 4.78 is 72.2. The van der Waals surface area contributed by atoms with E-state index in [2.05, 4.69) is 10.1 Å². The number of nitrogens with two attached hydrogens (primary N) is 1. The number of hydrogen-bond donors (Lipinski definition) is 3. The van der Waals surface area contributed by atoms with Gasteiger partial charge >= 0.3 is 17.9 Å². The Bertz CT molecular complexity index is 2580. The number of nitrogens with zero attached hydrogens (tertiary/aromatic N) is 4. The van der Waals surface area contributed by atoms with Crippen molar-refractivity contribution in [3.63, 3.8) is 0 Å². The quantitative estimate of drug-likeness (QED) is 0.160. The van der Waals surface area contributed by atoms with Gasteiger partial charge < -0.3 is 35.1 Å². The zero-order valence-electron chi connectivity index (χ0n) is 32.8. The number of nitrogen functional groups attached to an aromatic ring is 1. The summed E-state index contributed by atoms with van der Waals surface area (Å²) in [6, 6.07) is 23.4. The molecule has 2 fully saturated rings. The Balaban J connectivity index is 0.000000272. The van der Waals surface area contributed by atoms with Crippen LogP contribution in [0.1, 0.15) is 60.0 Å². The number of nitrogens with one attached hydrogen (secondary N) is 1. The lowest BCUT2D eigenvalue weighted by molar-refractivity contribution is 0.0593. The molecule has 0 bridgehead atoms. The molecule has 328 valence electrons. The zero-order valence-corrected chi connectivity index (χ0v) is 34.4. The van der Waals surface area contributed by atoms with Gasteiger partial charge in [0.15, 0.2) is 0 Å². The van der Waals surface area contributed by atoms with Crippen LogP contribution in [0.5, 0.6) is 0 Å². The normalized spacial score (nSPS) is 14.0. The van der Waals surface area contributed by atoms with Crippen LogP contribution in [-0.2, 0) is 39.0 Å². The number of hydrogen-bond acceptors (Lipinski definition) is 15. The monoisotopic (exact) mass is 892 g/mol. The fourth-order valence-corrected chi connectivity index (χ4v) is 8.48. The van der Waals surface area contributed by atoms with Crippen LogP contribution in [0.3, 0.4) is 0 Å².